The molecule has 1 aliphatic carbocycles. The molecule has 0 unspecified atom stereocenters. The Kier molecular flexibility index (Phi) is 5.09. The zero-order valence-corrected chi connectivity index (χ0v) is 15.6. The molecule has 1 aromatic carbocycles. The van der Waals surface area contributed by atoms with Crippen LogP contribution in [-0.2, 0) is 0 Å². The third-order valence-electron chi connectivity index (χ3n) is 5.24. The van der Waals surface area contributed by atoms with Gasteiger partial charge in [0.05, 0.1) is 10.5 Å². The largest absolute Gasteiger partial charge is 0.360 e. The molecule has 5 nitrogen and oxygen atoms in total. The van der Waals surface area contributed by atoms with Gasteiger partial charge in [0.25, 0.3) is 5.56 Å². The van der Waals surface area contributed by atoms with E-state index in [2.05, 4.69) is 5.16 Å². The summed E-state index contributed by atoms with van der Waals surface area (Å²) < 4.78 is 7.20. The van der Waals surface area contributed by atoms with E-state index in [1.807, 2.05) is 22.8 Å². The molecule has 0 aliphatic heterocycles. The molecule has 7 heteroatoms. The molecular weight excluding hydrogens is 361 g/mol. The summed E-state index contributed by atoms with van der Waals surface area (Å²) in [6, 6.07) is 5.78. The van der Waals surface area contributed by atoms with Gasteiger partial charge in [-0.25, -0.2) is 0 Å². The second kappa shape index (κ2) is 6.98. The second-order valence-corrected chi connectivity index (χ2v) is 7.10. The lowest BCUT2D eigenvalue weighted by molar-refractivity contribution is 0.273. The van der Waals surface area contributed by atoms with Gasteiger partial charge in [0.1, 0.15) is 16.7 Å². The van der Waals surface area contributed by atoms with E-state index < -0.39 is 0 Å². The zero-order valence-electron chi connectivity index (χ0n) is 14.0. The Balaban J connectivity index is 0.00000182. The number of nitrogens with two attached hydrogens (primary N) is 1. The van der Waals surface area contributed by atoms with E-state index in [-0.39, 0.29) is 24.0 Å². The van der Waals surface area contributed by atoms with Gasteiger partial charge in [0, 0.05) is 11.4 Å². The quantitative estimate of drug-likeness (QED) is 0.720. The summed E-state index contributed by atoms with van der Waals surface area (Å²) in [4.78, 5) is 13.2. The van der Waals surface area contributed by atoms with Crippen LogP contribution in [0.1, 0.15) is 37.5 Å². The molecule has 1 saturated carbocycles. The predicted octanol–water partition coefficient (Wildman–Crippen LogP) is 4.22. The maximum atomic E-state index is 13.2. The molecule has 2 atom stereocenters. The van der Waals surface area contributed by atoms with Gasteiger partial charge in [0.15, 0.2) is 0 Å². The van der Waals surface area contributed by atoms with E-state index >= 15 is 0 Å². The van der Waals surface area contributed by atoms with Crippen LogP contribution >= 0.6 is 24.0 Å². The highest BCUT2D eigenvalue weighted by Crippen LogP contribution is 2.36. The standard InChI is InChI=1S/C18H20ClN3O2.ClH/c1-10-15-17(21-24-10)16-13(19)6-3-7-14(16)22(18(15)23)12-5-2-4-11(8-12)9-20;/h3,6-7,11-12H,2,4-5,8-9,20H2,1H3;1H/t11-,12-;/m0./s1. The molecule has 2 aromatic heterocycles. The van der Waals surface area contributed by atoms with Crippen molar-refractivity contribution in [1.82, 2.24) is 9.72 Å². The van der Waals surface area contributed by atoms with Crippen molar-refractivity contribution in [3.63, 3.8) is 0 Å². The van der Waals surface area contributed by atoms with Crippen LogP contribution in [-0.4, -0.2) is 16.3 Å². The maximum absolute atomic E-state index is 13.2. The van der Waals surface area contributed by atoms with E-state index in [0.717, 1.165) is 36.6 Å². The van der Waals surface area contributed by atoms with Crippen molar-refractivity contribution in [2.75, 3.05) is 6.54 Å². The zero-order chi connectivity index (χ0) is 16.8. The van der Waals surface area contributed by atoms with Gasteiger partial charge in [-0.05, 0) is 50.8 Å². The van der Waals surface area contributed by atoms with Gasteiger partial charge in [-0.2, -0.15) is 0 Å². The smallest absolute Gasteiger partial charge is 0.264 e. The average molecular weight is 382 g/mol. The number of hydrogen-bond acceptors (Lipinski definition) is 4. The van der Waals surface area contributed by atoms with Gasteiger partial charge < -0.3 is 14.8 Å². The fourth-order valence-corrected chi connectivity index (χ4v) is 4.31. The van der Waals surface area contributed by atoms with Crippen molar-refractivity contribution < 1.29 is 4.52 Å². The minimum absolute atomic E-state index is 0. The van der Waals surface area contributed by atoms with E-state index in [0.29, 0.717) is 34.1 Å². The van der Waals surface area contributed by atoms with Crippen LogP contribution < -0.4 is 11.3 Å². The van der Waals surface area contributed by atoms with Crippen LogP contribution in [0.4, 0.5) is 0 Å². The Morgan fingerprint density at radius 3 is 2.92 bits per heavy atom. The second-order valence-electron chi connectivity index (χ2n) is 6.69. The number of pyridine rings is 1. The van der Waals surface area contributed by atoms with Crippen LogP contribution in [0.15, 0.2) is 27.5 Å². The average Bonchev–Trinajstić information content (AvgIpc) is 2.97. The molecule has 0 radical (unpaired) electrons. The molecule has 2 N–H and O–H groups in total. The molecule has 3 aromatic rings. The van der Waals surface area contributed by atoms with E-state index in [9.17, 15) is 4.79 Å². The minimum atomic E-state index is -0.0406. The van der Waals surface area contributed by atoms with Crippen molar-refractivity contribution in [2.45, 2.75) is 38.6 Å². The van der Waals surface area contributed by atoms with Crippen molar-refractivity contribution in [3.8, 4) is 0 Å². The van der Waals surface area contributed by atoms with Crippen molar-refractivity contribution >= 4 is 45.8 Å². The monoisotopic (exact) mass is 381 g/mol. The first-order valence-electron chi connectivity index (χ1n) is 8.40. The Morgan fingerprint density at radius 2 is 2.16 bits per heavy atom. The molecule has 4 rings (SSSR count). The highest BCUT2D eigenvalue weighted by molar-refractivity contribution is 6.37. The first kappa shape index (κ1) is 18.2. The predicted molar refractivity (Wildman–Crippen MR) is 103 cm³/mol. The van der Waals surface area contributed by atoms with Gasteiger partial charge in [-0.1, -0.05) is 29.2 Å². The van der Waals surface area contributed by atoms with Gasteiger partial charge >= 0.3 is 0 Å². The number of nitrogens with zero attached hydrogens (tertiary/aromatic N) is 2. The summed E-state index contributed by atoms with van der Waals surface area (Å²) in [7, 11) is 0. The fraction of sp³-hybridized carbons (Fsp3) is 0.444. The summed E-state index contributed by atoms with van der Waals surface area (Å²) in [6.07, 6.45) is 4.12. The van der Waals surface area contributed by atoms with Crippen LogP contribution in [0.5, 0.6) is 0 Å². The molecule has 1 fully saturated rings. The minimum Gasteiger partial charge on any atom is -0.360 e. The lowest BCUT2D eigenvalue weighted by Crippen LogP contribution is -2.31. The summed E-state index contributed by atoms with van der Waals surface area (Å²) in [5, 5.41) is 6.01. The summed E-state index contributed by atoms with van der Waals surface area (Å²) in [5.74, 6) is 1.00. The van der Waals surface area contributed by atoms with E-state index in [1.165, 1.54) is 0 Å². The topological polar surface area (TPSA) is 74.0 Å². The van der Waals surface area contributed by atoms with Crippen LogP contribution in [0.2, 0.25) is 5.02 Å². The first-order chi connectivity index (χ1) is 11.6. The first-order valence-corrected chi connectivity index (χ1v) is 8.78. The number of aromatic nitrogens is 2. The summed E-state index contributed by atoms with van der Waals surface area (Å²) in [6.45, 7) is 2.44. The number of benzene rings is 1. The number of fused-ring (bicyclic) bond motifs is 3. The van der Waals surface area contributed by atoms with Crippen molar-refractivity contribution in [1.29, 1.82) is 0 Å². The molecule has 0 amide bonds. The van der Waals surface area contributed by atoms with Gasteiger partial charge in [-0.3, -0.25) is 4.79 Å². The van der Waals surface area contributed by atoms with Crippen LogP contribution in [0, 0.1) is 12.8 Å². The highest BCUT2D eigenvalue weighted by atomic mass is 35.5. The Labute approximate surface area is 156 Å². The lowest BCUT2D eigenvalue weighted by atomic mass is 9.85. The molecule has 0 spiro atoms. The SMILES string of the molecule is Cc1onc2c1c(=O)n([C@H]1CCC[C@H](CN)C1)c1cccc(Cl)c21.Cl. The van der Waals surface area contributed by atoms with Crippen LogP contribution in [0.3, 0.4) is 0 Å². The molecule has 2 heterocycles. The third-order valence-corrected chi connectivity index (χ3v) is 5.55. The number of rotatable bonds is 2. The highest BCUT2D eigenvalue weighted by Gasteiger charge is 2.27. The van der Waals surface area contributed by atoms with Crippen LogP contribution in [0.25, 0.3) is 21.8 Å². The number of aryl methyl sites for hydroxylation is 1. The Morgan fingerprint density at radius 1 is 1.36 bits per heavy atom. The van der Waals surface area contributed by atoms with Gasteiger partial charge in [-0.15, -0.1) is 12.4 Å². The number of hydrogen-bond donors (Lipinski definition) is 1. The molecule has 25 heavy (non-hydrogen) atoms. The molecule has 1 aliphatic rings. The molecular formula is C18H21Cl2N3O2. The lowest BCUT2D eigenvalue weighted by Gasteiger charge is -2.30. The summed E-state index contributed by atoms with van der Waals surface area (Å²) >= 11 is 6.45. The maximum Gasteiger partial charge on any atom is 0.264 e. The third kappa shape index (κ3) is 2.84. The molecule has 134 valence electrons. The van der Waals surface area contributed by atoms with Gasteiger partial charge in [0.2, 0.25) is 0 Å². The fourth-order valence-electron chi connectivity index (χ4n) is 4.05. The summed E-state index contributed by atoms with van der Waals surface area (Å²) in [5.41, 5.74) is 7.23. The number of halogens is 2. The molecule has 0 bridgehead atoms. The van der Waals surface area contributed by atoms with E-state index in [1.54, 1.807) is 6.92 Å². The normalized spacial score (nSPS) is 20.8. The van der Waals surface area contributed by atoms with E-state index in [4.69, 9.17) is 21.9 Å². The van der Waals surface area contributed by atoms with Crippen molar-refractivity contribution in [2.24, 2.45) is 11.7 Å². The Bertz CT molecular complexity index is 980. The molecule has 0 saturated heterocycles. The Hall–Kier alpha value is -1.56. The van der Waals surface area contributed by atoms with Crippen molar-refractivity contribution in [3.05, 3.63) is 39.3 Å².